The average Bonchev–Trinajstić information content (AvgIpc) is 2.30. The Labute approximate surface area is 97.9 Å². The van der Waals surface area contributed by atoms with Crippen LogP contribution in [-0.4, -0.2) is 32.2 Å². The Morgan fingerprint density at radius 3 is 2.75 bits per heavy atom. The Balaban J connectivity index is 2.16. The Morgan fingerprint density at radius 1 is 1.44 bits per heavy atom. The largest absolute Gasteiger partial charge is 0.383 e. The Bertz CT molecular complexity index is 203. The summed E-state index contributed by atoms with van der Waals surface area (Å²) in [5, 5.41) is 2.78. The standard InChI is InChI=1S/C12H24N2O2/c1-16-8-7-14-12(15)11(13)9-10-5-3-2-4-6-10/h10-11H,2-9,13H2,1H3,(H,14,15). The van der Waals surface area contributed by atoms with Crippen molar-refractivity contribution < 1.29 is 9.53 Å². The van der Waals surface area contributed by atoms with Crippen molar-refractivity contribution in [2.45, 2.75) is 44.6 Å². The molecule has 0 spiro atoms. The molecule has 0 heterocycles. The van der Waals surface area contributed by atoms with Crippen LogP contribution >= 0.6 is 0 Å². The number of methoxy groups -OCH3 is 1. The summed E-state index contributed by atoms with van der Waals surface area (Å²) in [6, 6.07) is -0.347. The van der Waals surface area contributed by atoms with Crippen molar-refractivity contribution in [3.63, 3.8) is 0 Å². The van der Waals surface area contributed by atoms with Crippen LogP contribution in [-0.2, 0) is 9.53 Å². The van der Waals surface area contributed by atoms with Gasteiger partial charge in [-0.1, -0.05) is 32.1 Å². The second kappa shape index (κ2) is 7.63. The molecule has 1 rings (SSSR count). The van der Waals surface area contributed by atoms with Crippen LogP contribution in [0.1, 0.15) is 38.5 Å². The fraction of sp³-hybridized carbons (Fsp3) is 0.917. The van der Waals surface area contributed by atoms with Crippen molar-refractivity contribution in [3.05, 3.63) is 0 Å². The smallest absolute Gasteiger partial charge is 0.237 e. The molecule has 1 aliphatic rings. The number of nitrogens with two attached hydrogens (primary N) is 1. The Kier molecular flexibility index (Phi) is 6.42. The number of amides is 1. The number of hydrogen-bond donors (Lipinski definition) is 2. The zero-order chi connectivity index (χ0) is 11.8. The minimum atomic E-state index is -0.347. The number of nitrogens with one attached hydrogen (secondary N) is 1. The summed E-state index contributed by atoms with van der Waals surface area (Å²) in [5.74, 6) is 0.611. The minimum absolute atomic E-state index is 0.0392. The normalized spacial score (nSPS) is 19.4. The lowest BCUT2D eigenvalue weighted by Gasteiger charge is -2.24. The molecule has 1 saturated carbocycles. The predicted molar refractivity (Wildman–Crippen MR) is 64.1 cm³/mol. The van der Waals surface area contributed by atoms with Crippen LogP contribution in [0.25, 0.3) is 0 Å². The molecule has 4 heteroatoms. The topological polar surface area (TPSA) is 64.3 Å². The van der Waals surface area contributed by atoms with Crippen molar-refractivity contribution in [3.8, 4) is 0 Å². The lowest BCUT2D eigenvalue weighted by molar-refractivity contribution is -0.123. The lowest BCUT2D eigenvalue weighted by Crippen LogP contribution is -2.43. The fourth-order valence-electron chi connectivity index (χ4n) is 2.30. The van der Waals surface area contributed by atoms with Gasteiger partial charge in [-0.05, 0) is 12.3 Å². The molecule has 0 aromatic rings. The molecule has 1 unspecified atom stereocenters. The molecule has 1 atom stereocenters. The van der Waals surface area contributed by atoms with Crippen molar-refractivity contribution in [1.82, 2.24) is 5.32 Å². The molecule has 3 N–H and O–H groups in total. The second-order valence-corrected chi connectivity index (χ2v) is 4.63. The highest BCUT2D eigenvalue weighted by Gasteiger charge is 2.20. The molecule has 1 amide bonds. The molecule has 0 aromatic heterocycles. The van der Waals surface area contributed by atoms with Crippen LogP contribution in [0.2, 0.25) is 0 Å². The molecule has 0 saturated heterocycles. The second-order valence-electron chi connectivity index (χ2n) is 4.63. The minimum Gasteiger partial charge on any atom is -0.383 e. The van der Waals surface area contributed by atoms with Crippen LogP contribution in [0.4, 0.5) is 0 Å². The maximum atomic E-state index is 11.6. The van der Waals surface area contributed by atoms with Crippen LogP contribution in [0.5, 0.6) is 0 Å². The van der Waals surface area contributed by atoms with E-state index in [1.807, 2.05) is 0 Å². The van der Waals surface area contributed by atoms with Gasteiger partial charge in [-0.15, -0.1) is 0 Å². The molecule has 4 nitrogen and oxygen atoms in total. The lowest BCUT2D eigenvalue weighted by atomic mass is 9.85. The van der Waals surface area contributed by atoms with Crippen molar-refractivity contribution in [2.75, 3.05) is 20.3 Å². The van der Waals surface area contributed by atoms with Gasteiger partial charge < -0.3 is 15.8 Å². The molecular formula is C12H24N2O2. The number of ether oxygens (including phenoxy) is 1. The molecule has 1 fully saturated rings. The first-order valence-corrected chi connectivity index (χ1v) is 6.26. The number of carbonyl (C=O) groups excluding carboxylic acids is 1. The van der Waals surface area contributed by atoms with Crippen LogP contribution in [0.15, 0.2) is 0 Å². The van der Waals surface area contributed by atoms with Crippen molar-refractivity contribution >= 4 is 5.91 Å². The average molecular weight is 228 g/mol. The van der Waals surface area contributed by atoms with Gasteiger partial charge in [-0.3, -0.25) is 4.79 Å². The van der Waals surface area contributed by atoms with E-state index < -0.39 is 0 Å². The van der Waals surface area contributed by atoms with E-state index in [2.05, 4.69) is 5.32 Å². The zero-order valence-electron chi connectivity index (χ0n) is 10.2. The molecule has 0 aromatic carbocycles. The number of rotatable bonds is 6. The molecule has 16 heavy (non-hydrogen) atoms. The maximum Gasteiger partial charge on any atom is 0.237 e. The van der Waals surface area contributed by atoms with E-state index in [0.29, 0.717) is 19.1 Å². The van der Waals surface area contributed by atoms with Gasteiger partial charge in [0, 0.05) is 13.7 Å². The van der Waals surface area contributed by atoms with Crippen LogP contribution in [0, 0.1) is 5.92 Å². The van der Waals surface area contributed by atoms with E-state index in [9.17, 15) is 4.79 Å². The van der Waals surface area contributed by atoms with E-state index in [1.54, 1.807) is 7.11 Å². The highest BCUT2D eigenvalue weighted by molar-refractivity contribution is 5.81. The van der Waals surface area contributed by atoms with Gasteiger partial charge in [0.15, 0.2) is 0 Å². The van der Waals surface area contributed by atoms with Gasteiger partial charge >= 0.3 is 0 Å². The first-order valence-electron chi connectivity index (χ1n) is 6.26. The predicted octanol–water partition coefficient (Wildman–Crippen LogP) is 1.05. The first-order chi connectivity index (χ1) is 7.74. The summed E-state index contributed by atoms with van der Waals surface area (Å²) in [4.78, 5) is 11.6. The summed E-state index contributed by atoms with van der Waals surface area (Å²) in [5.41, 5.74) is 5.88. The van der Waals surface area contributed by atoms with E-state index >= 15 is 0 Å². The molecular weight excluding hydrogens is 204 g/mol. The monoisotopic (exact) mass is 228 g/mol. The maximum absolute atomic E-state index is 11.6. The highest BCUT2D eigenvalue weighted by atomic mass is 16.5. The first kappa shape index (κ1) is 13.5. The molecule has 0 bridgehead atoms. The van der Waals surface area contributed by atoms with Gasteiger partial charge in [0.2, 0.25) is 5.91 Å². The van der Waals surface area contributed by atoms with Gasteiger partial charge in [0.1, 0.15) is 0 Å². The third-order valence-corrected chi connectivity index (χ3v) is 3.25. The van der Waals surface area contributed by atoms with Crippen molar-refractivity contribution in [1.29, 1.82) is 0 Å². The molecule has 94 valence electrons. The zero-order valence-corrected chi connectivity index (χ0v) is 10.2. The highest BCUT2D eigenvalue weighted by Crippen LogP contribution is 2.26. The Morgan fingerprint density at radius 2 is 2.12 bits per heavy atom. The molecule has 0 aliphatic heterocycles. The Hall–Kier alpha value is -0.610. The fourth-order valence-corrected chi connectivity index (χ4v) is 2.30. The molecule has 0 radical (unpaired) electrons. The van der Waals surface area contributed by atoms with E-state index in [-0.39, 0.29) is 11.9 Å². The van der Waals surface area contributed by atoms with Gasteiger partial charge in [0.05, 0.1) is 12.6 Å². The van der Waals surface area contributed by atoms with Crippen LogP contribution < -0.4 is 11.1 Å². The third-order valence-electron chi connectivity index (χ3n) is 3.25. The summed E-state index contributed by atoms with van der Waals surface area (Å²) in [7, 11) is 1.62. The van der Waals surface area contributed by atoms with Gasteiger partial charge in [0.25, 0.3) is 0 Å². The van der Waals surface area contributed by atoms with E-state index in [1.165, 1.54) is 32.1 Å². The van der Waals surface area contributed by atoms with Crippen molar-refractivity contribution in [2.24, 2.45) is 11.7 Å². The SMILES string of the molecule is COCCNC(=O)C(N)CC1CCCCC1. The summed E-state index contributed by atoms with van der Waals surface area (Å²) < 4.78 is 4.87. The third kappa shape index (κ3) is 4.94. The summed E-state index contributed by atoms with van der Waals surface area (Å²) >= 11 is 0. The van der Waals surface area contributed by atoms with E-state index in [0.717, 1.165) is 6.42 Å². The molecule has 1 aliphatic carbocycles. The van der Waals surface area contributed by atoms with E-state index in [4.69, 9.17) is 10.5 Å². The number of hydrogen-bond acceptors (Lipinski definition) is 3. The van der Waals surface area contributed by atoms with Crippen LogP contribution in [0.3, 0.4) is 0 Å². The summed E-state index contributed by atoms with van der Waals surface area (Å²) in [6.45, 7) is 1.09. The van der Waals surface area contributed by atoms with Gasteiger partial charge in [-0.25, -0.2) is 0 Å². The quantitative estimate of drug-likeness (QED) is 0.668. The summed E-state index contributed by atoms with van der Waals surface area (Å²) in [6.07, 6.45) is 7.23. The number of carbonyl (C=O) groups is 1. The van der Waals surface area contributed by atoms with Gasteiger partial charge in [-0.2, -0.15) is 0 Å².